The SMILES string of the molecule is CC(=O)Oc1cc(-c2c[nH]c3cc(C)ccc23)cnc1C.CCC(C)CC(N)=O. The van der Waals surface area contributed by atoms with Crippen molar-refractivity contribution in [3.8, 4) is 16.9 Å². The molecule has 6 heteroatoms. The summed E-state index contributed by atoms with van der Waals surface area (Å²) < 4.78 is 5.20. The molecule has 154 valence electrons. The molecule has 0 saturated carbocycles. The number of benzene rings is 1. The molecule has 0 aliphatic heterocycles. The lowest BCUT2D eigenvalue weighted by Crippen LogP contribution is -2.13. The summed E-state index contributed by atoms with van der Waals surface area (Å²) in [6.07, 6.45) is 5.30. The van der Waals surface area contributed by atoms with E-state index in [-0.39, 0.29) is 11.9 Å². The van der Waals surface area contributed by atoms with Gasteiger partial charge in [-0.2, -0.15) is 0 Å². The van der Waals surface area contributed by atoms with Gasteiger partial charge in [0.1, 0.15) is 0 Å². The quantitative estimate of drug-likeness (QED) is 0.613. The first-order chi connectivity index (χ1) is 13.7. The Balaban J connectivity index is 0.000000321. The number of carbonyl (C=O) groups is 2. The molecule has 3 rings (SSSR count). The number of aromatic nitrogens is 2. The van der Waals surface area contributed by atoms with Gasteiger partial charge in [-0.15, -0.1) is 0 Å². The van der Waals surface area contributed by atoms with Crippen LogP contribution in [-0.4, -0.2) is 21.8 Å². The highest BCUT2D eigenvalue weighted by Gasteiger charge is 2.11. The molecule has 2 aromatic heterocycles. The van der Waals surface area contributed by atoms with E-state index in [0.29, 0.717) is 23.8 Å². The molecule has 0 fully saturated rings. The Labute approximate surface area is 171 Å². The molecular formula is C23H29N3O3. The predicted octanol–water partition coefficient (Wildman–Crippen LogP) is 4.68. The van der Waals surface area contributed by atoms with Gasteiger partial charge in [0.05, 0.1) is 5.69 Å². The fraction of sp³-hybridized carbons (Fsp3) is 0.348. The molecule has 29 heavy (non-hydrogen) atoms. The van der Waals surface area contributed by atoms with E-state index in [1.54, 1.807) is 6.20 Å². The number of primary amides is 1. The number of hydrogen-bond acceptors (Lipinski definition) is 4. The highest BCUT2D eigenvalue weighted by molar-refractivity contribution is 5.96. The molecule has 0 saturated heterocycles. The zero-order valence-corrected chi connectivity index (χ0v) is 17.7. The number of fused-ring (bicyclic) bond motifs is 1. The second-order valence-electron chi connectivity index (χ2n) is 7.34. The van der Waals surface area contributed by atoms with Crippen LogP contribution < -0.4 is 10.5 Å². The molecular weight excluding hydrogens is 366 g/mol. The number of rotatable bonds is 5. The third-order valence-corrected chi connectivity index (χ3v) is 4.69. The molecule has 0 radical (unpaired) electrons. The largest absolute Gasteiger partial charge is 0.425 e. The van der Waals surface area contributed by atoms with Crippen molar-refractivity contribution in [2.75, 3.05) is 0 Å². The second kappa shape index (κ2) is 9.87. The van der Waals surface area contributed by atoms with E-state index < -0.39 is 0 Å². The minimum Gasteiger partial charge on any atom is -0.425 e. The number of nitrogens with two attached hydrogens (primary N) is 1. The zero-order chi connectivity index (χ0) is 21.6. The van der Waals surface area contributed by atoms with Crippen molar-refractivity contribution < 1.29 is 14.3 Å². The molecule has 1 atom stereocenters. The Morgan fingerprint density at radius 1 is 1.24 bits per heavy atom. The smallest absolute Gasteiger partial charge is 0.308 e. The van der Waals surface area contributed by atoms with Gasteiger partial charge in [-0.1, -0.05) is 32.4 Å². The van der Waals surface area contributed by atoms with E-state index in [0.717, 1.165) is 28.5 Å². The molecule has 0 aliphatic carbocycles. The first-order valence-corrected chi connectivity index (χ1v) is 9.72. The van der Waals surface area contributed by atoms with E-state index in [4.69, 9.17) is 10.5 Å². The minimum absolute atomic E-state index is 0.195. The third-order valence-electron chi connectivity index (χ3n) is 4.69. The topological polar surface area (TPSA) is 98.1 Å². The monoisotopic (exact) mass is 395 g/mol. The van der Waals surface area contributed by atoms with Crippen LogP contribution >= 0.6 is 0 Å². The number of esters is 1. The Kier molecular flexibility index (Phi) is 7.53. The van der Waals surface area contributed by atoms with Gasteiger partial charge in [0, 0.05) is 47.8 Å². The van der Waals surface area contributed by atoms with Crippen molar-refractivity contribution in [1.29, 1.82) is 0 Å². The standard InChI is InChI=1S/C17H16N2O2.C6H13NO/c1-10-4-5-14-15(9-19-16(14)6-10)13-7-17(21-12(3)20)11(2)18-8-13;1-3-5(2)4-6(7)8/h4-9,19H,1-3H3;5H,3-4H2,1-2H3,(H2,7,8). The number of hydrogen-bond donors (Lipinski definition) is 2. The van der Waals surface area contributed by atoms with Gasteiger partial charge in [-0.25, -0.2) is 0 Å². The summed E-state index contributed by atoms with van der Waals surface area (Å²) in [4.78, 5) is 28.9. The molecule has 3 aromatic rings. The van der Waals surface area contributed by atoms with Gasteiger partial charge in [0.15, 0.2) is 5.75 Å². The van der Waals surface area contributed by atoms with Crippen molar-refractivity contribution in [2.45, 2.75) is 47.5 Å². The number of ether oxygens (including phenoxy) is 1. The van der Waals surface area contributed by atoms with Gasteiger partial charge in [-0.05, 0) is 37.5 Å². The summed E-state index contributed by atoms with van der Waals surface area (Å²) in [5, 5.41) is 1.13. The van der Waals surface area contributed by atoms with Gasteiger partial charge in [0.2, 0.25) is 5.91 Å². The summed E-state index contributed by atoms with van der Waals surface area (Å²) in [6.45, 7) is 9.34. The van der Waals surface area contributed by atoms with Crippen molar-refractivity contribution in [1.82, 2.24) is 9.97 Å². The average molecular weight is 396 g/mol. The lowest BCUT2D eigenvalue weighted by atomic mass is 10.0. The summed E-state index contributed by atoms with van der Waals surface area (Å²) in [6, 6.07) is 8.12. The summed E-state index contributed by atoms with van der Waals surface area (Å²) in [5.74, 6) is 0.417. The van der Waals surface area contributed by atoms with Gasteiger partial charge in [0.25, 0.3) is 0 Å². The number of pyridine rings is 1. The minimum atomic E-state index is -0.341. The Morgan fingerprint density at radius 2 is 1.97 bits per heavy atom. The van der Waals surface area contributed by atoms with Crippen LogP contribution in [-0.2, 0) is 9.59 Å². The van der Waals surface area contributed by atoms with E-state index in [1.165, 1.54) is 12.5 Å². The van der Waals surface area contributed by atoms with E-state index >= 15 is 0 Å². The van der Waals surface area contributed by atoms with Gasteiger partial charge in [-0.3, -0.25) is 14.6 Å². The number of H-pyrrole nitrogens is 1. The highest BCUT2D eigenvalue weighted by atomic mass is 16.5. The molecule has 0 bridgehead atoms. The molecule has 2 heterocycles. The first-order valence-electron chi connectivity index (χ1n) is 9.72. The van der Waals surface area contributed by atoms with Crippen LogP contribution in [0.2, 0.25) is 0 Å². The number of nitrogens with zero attached hydrogens (tertiary/aromatic N) is 1. The van der Waals surface area contributed by atoms with E-state index in [2.05, 4.69) is 35.1 Å². The molecule has 1 unspecified atom stereocenters. The Hall–Kier alpha value is -3.15. The second-order valence-corrected chi connectivity index (χ2v) is 7.34. The van der Waals surface area contributed by atoms with E-state index in [1.807, 2.05) is 33.0 Å². The third kappa shape index (κ3) is 6.17. The summed E-state index contributed by atoms with van der Waals surface area (Å²) in [7, 11) is 0. The van der Waals surface area contributed by atoms with Crippen molar-refractivity contribution in [3.05, 3.63) is 47.9 Å². The van der Waals surface area contributed by atoms with Crippen molar-refractivity contribution in [3.63, 3.8) is 0 Å². The Bertz CT molecular complexity index is 1010. The highest BCUT2D eigenvalue weighted by Crippen LogP contribution is 2.31. The van der Waals surface area contributed by atoms with Gasteiger partial charge < -0.3 is 15.5 Å². The fourth-order valence-electron chi connectivity index (χ4n) is 2.89. The molecule has 0 spiro atoms. The summed E-state index contributed by atoms with van der Waals surface area (Å²) in [5.41, 5.74) is 9.89. The van der Waals surface area contributed by atoms with Crippen molar-refractivity contribution in [2.24, 2.45) is 11.7 Å². The fourth-order valence-corrected chi connectivity index (χ4v) is 2.89. The van der Waals surface area contributed by atoms with Crippen LogP contribution in [0.3, 0.4) is 0 Å². The maximum absolute atomic E-state index is 11.2. The maximum atomic E-state index is 11.2. The number of aryl methyl sites for hydroxylation is 2. The van der Waals surface area contributed by atoms with Gasteiger partial charge >= 0.3 is 5.97 Å². The molecule has 6 nitrogen and oxygen atoms in total. The number of aromatic amines is 1. The van der Waals surface area contributed by atoms with Crippen LogP contribution in [0.25, 0.3) is 22.0 Å². The normalized spacial score (nSPS) is 11.5. The molecule has 3 N–H and O–H groups in total. The molecule has 1 aromatic carbocycles. The van der Waals surface area contributed by atoms with Crippen LogP contribution in [0.4, 0.5) is 0 Å². The number of carbonyl (C=O) groups excluding carboxylic acids is 2. The number of amides is 1. The van der Waals surface area contributed by atoms with Crippen LogP contribution in [0.5, 0.6) is 5.75 Å². The number of nitrogens with one attached hydrogen (secondary N) is 1. The molecule has 0 aliphatic rings. The van der Waals surface area contributed by atoms with Crippen LogP contribution in [0.1, 0.15) is 44.9 Å². The van der Waals surface area contributed by atoms with Crippen molar-refractivity contribution >= 4 is 22.8 Å². The van der Waals surface area contributed by atoms with E-state index in [9.17, 15) is 9.59 Å². The maximum Gasteiger partial charge on any atom is 0.308 e. The lowest BCUT2D eigenvalue weighted by molar-refractivity contribution is -0.132. The van der Waals surface area contributed by atoms with Crippen LogP contribution in [0, 0.1) is 19.8 Å². The zero-order valence-electron chi connectivity index (χ0n) is 17.7. The summed E-state index contributed by atoms with van der Waals surface area (Å²) >= 11 is 0. The predicted molar refractivity (Wildman–Crippen MR) is 116 cm³/mol. The average Bonchev–Trinajstić information content (AvgIpc) is 3.06. The molecule has 1 amide bonds. The first kappa shape index (κ1) is 22.1. The lowest BCUT2D eigenvalue weighted by Gasteiger charge is -2.07. The Morgan fingerprint density at radius 3 is 2.55 bits per heavy atom. The van der Waals surface area contributed by atoms with Crippen LogP contribution in [0.15, 0.2) is 36.7 Å².